The minimum atomic E-state index is -3.66. The molecule has 0 heterocycles. The van der Waals surface area contributed by atoms with Gasteiger partial charge in [0.2, 0.25) is 10.0 Å². The Morgan fingerprint density at radius 2 is 1.86 bits per heavy atom. The lowest BCUT2D eigenvalue weighted by Gasteiger charge is -2.21. The highest BCUT2D eigenvalue weighted by Gasteiger charge is 2.31. The third-order valence-electron chi connectivity index (χ3n) is 2.01. The van der Waals surface area contributed by atoms with Gasteiger partial charge in [-0.2, -0.15) is 14.8 Å². The van der Waals surface area contributed by atoms with Gasteiger partial charge in [0.25, 0.3) is 0 Å². The van der Waals surface area contributed by atoms with Gasteiger partial charge in [-0.15, -0.1) is 0 Å². The van der Waals surface area contributed by atoms with Crippen molar-refractivity contribution in [2.45, 2.75) is 31.6 Å². The monoisotopic (exact) mass is 215 g/mol. The molecule has 0 bridgehead atoms. The summed E-state index contributed by atoms with van der Waals surface area (Å²) in [5, 5.41) is 16.1. The minimum Gasteiger partial charge on any atom is -0.211 e. The summed E-state index contributed by atoms with van der Waals surface area (Å²) in [6.45, 7) is 3.10. The number of nitriles is 2. The second-order valence-electron chi connectivity index (χ2n) is 2.89. The Morgan fingerprint density at radius 3 is 2.14 bits per heavy atom. The molecule has 6 heteroatoms. The van der Waals surface area contributed by atoms with E-state index in [0.717, 1.165) is 4.31 Å². The van der Waals surface area contributed by atoms with Crippen LogP contribution in [0, 0.1) is 22.7 Å². The predicted molar refractivity (Wildman–Crippen MR) is 51.4 cm³/mol. The first-order valence-corrected chi connectivity index (χ1v) is 5.68. The Bertz CT molecular complexity index is 363. The number of nitrogens with zero attached hydrogens (tertiary/aromatic N) is 3. The molecule has 0 aliphatic carbocycles. The van der Waals surface area contributed by atoms with Gasteiger partial charge in [0.15, 0.2) is 5.25 Å². The number of rotatable bonds is 4. The molecule has 2 unspecified atom stereocenters. The summed E-state index contributed by atoms with van der Waals surface area (Å²) in [5.41, 5.74) is 0. The third kappa shape index (κ3) is 2.44. The topological polar surface area (TPSA) is 85.0 Å². The summed E-state index contributed by atoms with van der Waals surface area (Å²) in [6, 6.07) is 2.78. The van der Waals surface area contributed by atoms with Gasteiger partial charge < -0.3 is 0 Å². The van der Waals surface area contributed by atoms with Crippen molar-refractivity contribution < 1.29 is 8.42 Å². The van der Waals surface area contributed by atoms with E-state index >= 15 is 0 Å². The standard InChI is InChI=1S/C8H13N3O2S/c1-4-8(6-10)14(12,13)11(3)7(2)5-9/h7-8H,4H2,1-3H3. The summed E-state index contributed by atoms with van der Waals surface area (Å²) >= 11 is 0. The van der Waals surface area contributed by atoms with Crippen LogP contribution in [-0.2, 0) is 10.0 Å². The van der Waals surface area contributed by atoms with Crippen LogP contribution in [0.2, 0.25) is 0 Å². The Morgan fingerprint density at radius 1 is 1.36 bits per heavy atom. The highest BCUT2D eigenvalue weighted by molar-refractivity contribution is 7.90. The van der Waals surface area contributed by atoms with Crippen molar-refractivity contribution in [2.75, 3.05) is 7.05 Å². The van der Waals surface area contributed by atoms with Crippen molar-refractivity contribution in [3.05, 3.63) is 0 Å². The van der Waals surface area contributed by atoms with E-state index in [1.54, 1.807) is 13.0 Å². The molecule has 0 saturated heterocycles. The lowest BCUT2D eigenvalue weighted by Crippen LogP contribution is -2.40. The van der Waals surface area contributed by atoms with Crippen LogP contribution in [-0.4, -0.2) is 31.1 Å². The molecule has 78 valence electrons. The van der Waals surface area contributed by atoms with E-state index < -0.39 is 21.3 Å². The maximum Gasteiger partial charge on any atom is 0.231 e. The molecule has 0 aromatic heterocycles. The second-order valence-corrected chi connectivity index (χ2v) is 5.07. The Kier molecular flexibility index (Phi) is 4.55. The van der Waals surface area contributed by atoms with E-state index in [1.165, 1.54) is 14.0 Å². The van der Waals surface area contributed by atoms with Crippen molar-refractivity contribution in [2.24, 2.45) is 0 Å². The van der Waals surface area contributed by atoms with Crippen molar-refractivity contribution >= 4 is 10.0 Å². The molecule has 0 aromatic carbocycles. The highest BCUT2D eigenvalue weighted by Crippen LogP contribution is 2.12. The fourth-order valence-electron chi connectivity index (χ4n) is 0.871. The predicted octanol–water partition coefficient (Wildman–Crippen LogP) is 0.462. The van der Waals surface area contributed by atoms with E-state index in [2.05, 4.69) is 0 Å². The van der Waals surface area contributed by atoms with Crippen LogP contribution in [0.1, 0.15) is 20.3 Å². The molecular weight excluding hydrogens is 202 g/mol. The summed E-state index contributed by atoms with van der Waals surface area (Å²) in [4.78, 5) is 0. The van der Waals surface area contributed by atoms with Crippen molar-refractivity contribution in [3.63, 3.8) is 0 Å². The average Bonchev–Trinajstić information content (AvgIpc) is 2.16. The van der Waals surface area contributed by atoms with E-state index in [0.29, 0.717) is 0 Å². The van der Waals surface area contributed by atoms with E-state index in [4.69, 9.17) is 10.5 Å². The van der Waals surface area contributed by atoms with Gasteiger partial charge in [-0.05, 0) is 13.3 Å². The molecule has 0 saturated carbocycles. The molecule has 5 nitrogen and oxygen atoms in total. The fraction of sp³-hybridized carbons (Fsp3) is 0.750. The Hall–Kier alpha value is -1.11. The highest BCUT2D eigenvalue weighted by atomic mass is 32.2. The average molecular weight is 215 g/mol. The number of hydrogen-bond donors (Lipinski definition) is 0. The SMILES string of the molecule is CCC(C#N)S(=O)(=O)N(C)C(C)C#N. The lowest BCUT2D eigenvalue weighted by atomic mass is 10.4. The summed E-state index contributed by atoms with van der Waals surface area (Å²) in [7, 11) is -2.35. The van der Waals surface area contributed by atoms with Crippen molar-refractivity contribution in [1.82, 2.24) is 4.31 Å². The lowest BCUT2D eigenvalue weighted by molar-refractivity contribution is 0.436. The van der Waals surface area contributed by atoms with Gasteiger partial charge in [-0.25, -0.2) is 8.42 Å². The molecule has 0 N–H and O–H groups in total. The van der Waals surface area contributed by atoms with Crippen LogP contribution in [0.5, 0.6) is 0 Å². The zero-order chi connectivity index (χ0) is 11.4. The molecule has 0 radical (unpaired) electrons. The van der Waals surface area contributed by atoms with Gasteiger partial charge in [-0.1, -0.05) is 6.92 Å². The molecule has 0 aliphatic heterocycles. The van der Waals surface area contributed by atoms with Gasteiger partial charge in [0, 0.05) is 7.05 Å². The van der Waals surface area contributed by atoms with Gasteiger partial charge >= 0.3 is 0 Å². The van der Waals surface area contributed by atoms with Crippen LogP contribution in [0.4, 0.5) is 0 Å². The maximum atomic E-state index is 11.6. The van der Waals surface area contributed by atoms with Crippen LogP contribution in [0.25, 0.3) is 0 Å². The normalized spacial score (nSPS) is 15.6. The first kappa shape index (κ1) is 12.9. The van der Waals surface area contributed by atoms with E-state index in [1.807, 2.05) is 6.07 Å². The first-order chi connectivity index (χ1) is 6.41. The summed E-state index contributed by atoms with van der Waals surface area (Å²) in [5.74, 6) is 0. The minimum absolute atomic E-state index is 0.224. The summed E-state index contributed by atoms with van der Waals surface area (Å²) in [6.07, 6.45) is 0.224. The van der Waals surface area contributed by atoms with Crippen molar-refractivity contribution in [3.8, 4) is 12.1 Å². The van der Waals surface area contributed by atoms with Gasteiger partial charge in [0.1, 0.15) is 6.04 Å². The maximum absolute atomic E-state index is 11.6. The molecular formula is C8H13N3O2S. The zero-order valence-electron chi connectivity index (χ0n) is 8.43. The first-order valence-electron chi connectivity index (χ1n) is 4.17. The van der Waals surface area contributed by atoms with E-state index in [-0.39, 0.29) is 6.42 Å². The Labute approximate surface area is 84.6 Å². The van der Waals surface area contributed by atoms with Crippen molar-refractivity contribution in [1.29, 1.82) is 10.5 Å². The quantitative estimate of drug-likeness (QED) is 0.682. The molecule has 0 aliphatic rings. The molecule has 0 amide bonds. The van der Waals surface area contributed by atoms with E-state index in [9.17, 15) is 8.42 Å². The molecule has 0 spiro atoms. The molecule has 2 atom stereocenters. The van der Waals surface area contributed by atoms with Gasteiger partial charge in [0.05, 0.1) is 12.1 Å². The Balaban J connectivity index is 5.00. The smallest absolute Gasteiger partial charge is 0.211 e. The molecule has 0 fully saturated rings. The third-order valence-corrected chi connectivity index (χ3v) is 4.28. The number of hydrogen-bond acceptors (Lipinski definition) is 4. The van der Waals surface area contributed by atoms with Crippen LogP contribution in [0.15, 0.2) is 0 Å². The van der Waals surface area contributed by atoms with Gasteiger partial charge in [-0.3, -0.25) is 0 Å². The van der Waals surface area contributed by atoms with Crippen LogP contribution in [0.3, 0.4) is 0 Å². The fourth-order valence-corrected chi connectivity index (χ4v) is 2.31. The van der Waals surface area contributed by atoms with Crippen LogP contribution >= 0.6 is 0 Å². The molecule has 0 rings (SSSR count). The summed E-state index contributed by atoms with van der Waals surface area (Å²) < 4.78 is 24.2. The molecule has 14 heavy (non-hydrogen) atoms. The largest absolute Gasteiger partial charge is 0.231 e. The number of sulfonamides is 1. The second kappa shape index (κ2) is 4.94. The molecule has 0 aromatic rings. The van der Waals surface area contributed by atoms with Crippen LogP contribution < -0.4 is 0 Å². The zero-order valence-corrected chi connectivity index (χ0v) is 9.24.